The number of amides is 1. The summed E-state index contributed by atoms with van der Waals surface area (Å²) < 4.78 is 5.77. The first-order chi connectivity index (χ1) is 9.99. The molecule has 0 saturated heterocycles. The summed E-state index contributed by atoms with van der Waals surface area (Å²) in [5.41, 5.74) is 0.673. The lowest BCUT2D eigenvalue weighted by atomic mass is 9.86. The predicted octanol–water partition coefficient (Wildman–Crippen LogP) is 4.12. The zero-order valence-corrected chi connectivity index (χ0v) is 13.6. The summed E-state index contributed by atoms with van der Waals surface area (Å²) in [4.78, 5) is 14.7. The summed E-state index contributed by atoms with van der Waals surface area (Å²) in [7, 11) is 1.93. The van der Waals surface area contributed by atoms with E-state index in [4.69, 9.17) is 4.74 Å². The molecule has 1 saturated carbocycles. The molecule has 21 heavy (non-hydrogen) atoms. The van der Waals surface area contributed by atoms with Gasteiger partial charge in [0.1, 0.15) is 5.75 Å². The highest BCUT2D eigenvalue weighted by atomic mass is 16.5. The monoisotopic (exact) mass is 289 g/mol. The van der Waals surface area contributed by atoms with Crippen LogP contribution in [0.5, 0.6) is 5.75 Å². The van der Waals surface area contributed by atoms with Crippen LogP contribution < -0.4 is 4.74 Å². The quantitative estimate of drug-likeness (QED) is 0.834. The number of benzene rings is 1. The summed E-state index contributed by atoms with van der Waals surface area (Å²) in [6, 6.07) is 7.92. The van der Waals surface area contributed by atoms with Gasteiger partial charge >= 0.3 is 0 Å². The summed E-state index contributed by atoms with van der Waals surface area (Å²) in [5.74, 6) is 1.56. The maximum Gasteiger partial charge on any atom is 0.257 e. The standard InChI is InChI=1S/C18H27NO2/c1-13(2)21-17-8-6-5-7-16(17)18(20)19(4)15-11-9-14(3)10-12-15/h5-8,13-15H,9-12H2,1-4H3. The van der Waals surface area contributed by atoms with Gasteiger partial charge in [0.2, 0.25) is 0 Å². The van der Waals surface area contributed by atoms with E-state index in [0.29, 0.717) is 17.4 Å². The van der Waals surface area contributed by atoms with Gasteiger partial charge in [0.05, 0.1) is 11.7 Å². The van der Waals surface area contributed by atoms with Crippen LogP contribution in [0.4, 0.5) is 0 Å². The second-order valence-electron chi connectivity index (χ2n) is 6.49. The number of ether oxygens (including phenoxy) is 1. The van der Waals surface area contributed by atoms with Crippen LogP contribution >= 0.6 is 0 Å². The predicted molar refractivity (Wildman–Crippen MR) is 85.7 cm³/mol. The Bertz CT molecular complexity index is 476. The molecule has 0 aromatic heterocycles. The lowest BCUT2D eigenvalue weighted by molar-refractivity contribution is 0.0673. The van der Waals surface area contributed by atoms with E-state index >= 15 is 0 Å². The molecule has 0 spiro atoms. The number of hydrogen-bond acceptors (Lipinski definition) is 2. The minimum absolute atomic E-state index is 0.0692. The number of rotatable bonds is 4. The normalized spacial score (nSPS) is 22.1. The first kappa shape index (κ1) is 15.9. The lowest BCUT2D eigenvalue weighted by Crippen LogP contribution is -2.39. The largest absolute Gasteiger partial charge is 0.490 e. The topological polar surface area (TPSA) is 29.5 Å². The SMILES string of the molecule is CC1CCC(N(C)C(=O)c2ccccc2OC(C)C)CC1. The van der Waals surface area contributed by atoms with Crippen molar-refractivity contribution in [3.05, 3.63) is 29.8 Å². The van der Waals surface area contributed by atoms with E-state index in [1.807, 2.05) is 50.1 Å². The Morgan fingerprint density at radius 3 is 2.43 bits per heavy atom. The zero-order valence-electron chi connectivity index (χ0n) is 13.6. The van der Waals surface area contributed by atoms with E-state index in [0.717, 1.165) is 18.8 Å². The van der Waals surface area contributed by atoms with Crippen molar-refractivity contribution in [3.63, 3.8) is 0 Å². The molecule has 1 aliphatic carbocycles. The van der Waals surface area contributed by atoms with E-state index in [1.165, 1.54) is 12.8 Å². The van der Waals surface area contributed by atoms with Gasteiger partial charge in [-0.1, -0.05) is 19.1 Å². The van der Waals surface area contributed by atoms with Crippen LogP contribution in [0.2, 0.25) is 0 Å². The molecule has 1 aromatic rings. The van der Waals surface area contributed by atoms with E-state index in [9.17, 15) is 4.79 Å². The van der Waals surface area contributed by atoms with Gasteiger partial charge in [-0.15, -0.1) is 0 Å². The van der Waals surface area contributed by atoms with Crippen molar-refractivity contribution in [1.82, 2.24) is 4.90 Å². The van der Waals surface area contributed by atoms with Crippen molar-refractivity contribution < 1.29 is 9.53 Å². The molecule has 1 fully saturated rings. The number of carbonyl (C=O) groups is 1. The molecule has 0 heterocycles. The highest BCUT2D eigenvalue weighted by Crippen LogP contribution is 2.28. The summed E-state index contributed by atoms with van der Waals surface area (Å²) in [5, 5.41) is 0. The van der Waals surface area contributed by atoms with Gasteiger partial charge < -0.3 is 9.64 Å². The minimum Gasteiger partial charge on any atom is -0.490 e. The molecule has 1 aliphatic rings. The van der Waals surface area contributed by atoms with Crippen LogP contribution in [-0.2, 0) is 0 Å². The van der Waals surface area contributed by atoms with Crippen molar-refractivity contribution in [1.29, 1.82) is 0 Å². The Balaban J connectivity index is 2.12. The first-order valence-electron chi connectivity index (χ1n) is 8.02. The molecule has 0 atom stereocenters. The van der Waals surface area contributed by atoms with Gasteiger partial charge in [-0.2, -0.15) is 0 Å². The van der Waals surface area contributed by atoms with Gasteiger partial charge in [-0.05, 0) is 57.6 Å². The Labute approximate surface area is 128 Å². The second-order valence-corrected chi connectivity index (χ2v) is 6.49. The fraction of sp³-hybridized carbons (Fsp3) is 0.611. The molecule has 0 N–H and O–H groups in total. The highest BCUT2D eigenvalue weighted by Gasteiger charge is 2.26. The number of para-hydroxylation sites is 1. The van der Waals surface area contributed by atoms with Crippen molar-refractivity contribution in [2.45, 2.75) is 58.6 Å². The average Bonchev–Trinajstić information content (AvgIpc) is 2.46. The number of hydrogen-bond donors (Lipinski definition) is 0. The van der Waals surface area contributed by atoms with Crippen LogP contribution in [0.15, 0.2) is 24.3 Å². The third-order valence-electron chi connectivity index (χ3n) is 4.33. The Morgan fingerprint density at radius 2 is 1.81 bits per heavy atom. The smallest absolute Gasteiger partial charge is 0.257 e. The van der Waals surface area contributed by atoms with Gasteiger partial charge in [0, 0.05) is 13.1 Å². The maximum absolute atomic E-state index is 12.8. The highest BCUT2D eigenvalue weighted by molar-refractivity contribution is 5.97. The number of carbonyl (C=O) groups excluding carboxylic acids is 1. The molecule has 0 unspecified atom stereocenters. The molecule has 1 amide bonds. The molecule has 0 radical (unpaired) electrons. The van der Waals surface area contributed by atoms with Crippen molar-refractivity contribution in [2.24, 2.45) is 5.92 Å². The zero-order chi connectivity index (χ0) is 15.4. The van der Waals surface area contributed by atoms with Crippen LogP contribution in [0.3, 0.4) is 0 Å². The third-order valence-corrected chi connectivity index (χ3v) is 4.33. The Kier molecular flexibility index (Phi) is 5.27. The molecule has 0 bridgehead atoms. The van der Waals surface area contributed by atoms with Crippen LogP contribution in [0.25, 0.3) is 0 Å². The summed E-state index contributed by atoms with van der Waals surface area (Å²) in [6.07, 6.45) is 4.71. The van der Waals surface area contributed by atoms with E-state index in [-0.39, 0.29) is 12.0 Å². The molecule has 3 nitrogen and oxygen atoms in total. The van der Waals surface area contributed by atoms with E-state index in [1.54, 1.807) is 0 Å². The molecular weight excluding hydrogens is 262 g/mol. The van der Waals surface area contributed by atoms with Crippen molar-refractivity contribution in [3.8, 4) is 5.75 Å². The van der Waals surface area contributed by atoms with Crippen LogP contribution in [0.1, 0.15) is 56.8 Å². The maximum atomic E-state index is 12.8. The fourth-order valence-corrected chi connectivity index (χ4v) is 2.99. The van der Waals surface area contributed by atoms with Gasteiger partial charge in [-0.25, -0.2) is 0 Å². The molecule has 116 valence electrons. The third kappa shape index (κ3) is 3.99. The summed E-state index contributed by atoms with van der Waals surface area (Å²) >= 11 is 0. The molecule has 0 aliphatic heterocycles. The Hall–Kier alpha value is -1.51. The van der Waals surface area contributed by atoms with Crippen LogP contribution in [0, 0.1) is 5.92 Å². The first-order valence-corrected chi connectivity index (χ1v) is 8.02. The average molecular weight is 289 g/mol. The van der Waals surface area contributed by atoms with Gasteiger partial charge in [0.25, 0.3) is 5.91 Å². The molecule has 3 heteroatoms. The minimum atomic E-state index is 0.0692. The Morgan fingerprint density at radius 1 is 1.19 bits per heavy atom. The second kappa shape index (κ2) is 6.97. The fourth-order valence-electron chi connectivity index (χ4n) is 2.99. The van der Waals surface area contributed by atoms with Crippen molar-refractivity contribution in [2.75, 3.05) is 7.05 Å². The van der Waals surface area contributed by atoms with Gasteiger partial charge in [-0.3, -0.25) is 4.79 Å². The molecule has 2 rings (SSSR count). The van der Waals surface area contributed by atoms with Gasteiger partial charge in [0.15, 0.2) is 0 Å². The van der Waals surface area contributed by atoms with Crippen LogP contribution in [-0.4, -0.2) is 30.0 Å². The molecule has 1 aromatic carbocycles. The van der Waals surface area contributed by atoms with E-state index in [2.05, 4.69) is 6.92 Å². The lowest BCUT2D eigenvalue weighted by Gasteiger charge is -2.34. The summed E-state index contributed by atoms with van der Waals surface area (Å²) in [6.45, 7) is 6.25. The molecular formula is C18H27NO2. The number of nitrogens with zero attached hydrogens (tertiary/aromatic N) is 1. The van der Waals surface area contributed by atoms with Crippen molar-refractivity contribution >= 4 is 5.91 Å². The van der Waals surface area contributed by atoms with E-state index < -0.39 is 0 Å².